The number of nitrogens with one attached hydrogen (secondary N) is 2. The SMILES string of the molecule is CCOc1ccc(C(=O)NCC(=O)NCC(O)COc2cccc(C(F)(F)F)c2)cc1OCC. The topological polar surface area (TPSA) is 106 Å². The van der Waals surface area contributed by atoms with Gasteiger partial charge in [-0.05, 0) is 50.2 Å². The van der Waals surface area contributed by atoms with Gasteiger partial charge in [0.15, 0.2) is 11.5 Å². The Balaban J connectivity index is 1.78. The number of hydrogen-bond acceptors (Lipinski definition) is 6. The van der Waals surface area contributed by atoms with Gasteiger partial charge in [0.1, 0.15) is 18.5 Å². The van der Waals surface area contributed by atoms with Crippen LogP contribution in [-0.4, -0.2) is 55.9 Å². The molecule has 0 aliphatic rings. The Kier molecular flexibility index (Phi) is 9.99. The van der Waals surface area contributed by atoms with E-state index >= 15 is 0 Å². The molecule has 34 heavy (non-hydrogen) atoms. The maximum Gasteiger partial charge on any atom is 0.416 e. The molecule has 0 heterocycles. The van der Waals surface area contributed by atoms with Crippen molar-refractivity contribution in [3.63, 3.8) is 0 Å². The van der Waals surface area contributed by atoms with E-state index in [9.17, 15) is 27.9 Å². The molecule has 0 radical (unpaired) electrons. The molecule has 2 rings (SSSR count). The highest BCUT2D eigenvalue weighted by Crippen LogP contribution is 2.31. The van der Waals surface area contributed by atoms with Crippen LogP contribution < -0.4 is 24.8 Å². The van der Waals surface area contributed by atoms with Crippen LogP contribution in [0.25, 0.3) is 0 Å². The zero-order valence-corrected chi connectivity index (χ0v) is 18.8. The van der Waals surface area contributed by atoms with E-state index in [2.05, 4.69) is 10.6 Å². The van der Waals surface area contributed by atoms with Gasteiger partial charge in [-0.2, -0.15) is 13.2 Å². The van der Waals surface area contributed by atoms with Crippen molar-refractivity contribution < 1.29 is 42.1 Å². The molecule has 1 unspecified atom stereocenters. The molecule has 1 atom stereocenters. The minimum absolute atomic E-state index is 0.0609. The third-order valence-corrected chi connectivity index (χ3v) is 4.35. The lowest BCUT2D eigenvalue weighted by Crippen LogP contribution is -2.41. The van der Waals surface area contributed by atoms with E-state index in [0.29, 0.717) is 24.7 Å². The summed E-state index contributed by atoms with van der Waals surface area (Å²) in [5, 5.41) is 14.8. The highest BCUT2D eigenvalue weighted by molar-refractivity contribution is 5.97. The fourth-order valence-electron chi connectivity index (χ4n) is 2.76. The van der Waals surface area contributed by atoms with Crippen LogP contribution in [0.15, 0.2) is 42.5 Å². The number of amides is 2. The second-order valence-corrected chi connectivity index (χ2v) is 7.00. The van der Waals surface area contributed by atoms with Crippen molar-refractivity contribution in [2.75, 3.05) is 32.9 Å². The van der Waals surface area contributed by atoms with E-state index in [4.69, 9.17) is 14.2 Å². The Hall–Kier alpha value is -3.47. The molecule has 0 saturated carbocycles. The molecule has 186 valence electrons. The van der Waals surface area contributed by atoms with Crippen molar-refractivity contribution in [3.8, 4) is 17.2 Å². The molecule has 0 saturated heterocycles. The molecule has 0 aliphatic heterocycles. The summed E-state index contributed by atoms with van der Waals surface area (Å²) >= 11 is 0. The molecule has 2 aromatic carbocycles. The predicted octanol–water partition coefficient (Wildman–Crippen LogP) is 2.79. The number of hydrogen-bond donors (Lipinski definition) is 3. The minimum atomic E-state index is -4.51. The third kappa shape index (κ3) is 8.47. The van der Waals surface area contributed by atoms with Crippen LogP contribution in [0.5, 0.6) is 17.2 Å². The summed E-state index contributed by atoms with van der Waals surface area (Å²) < 4.78 is 54.2. The predicted molar refractivity (Wildman–Crippen MR) is 117 cm³/mol. The van der Waals surface area contributed by atoms with Gasteiger partial charge >= 0.3 is 6.18 Å². The summed E-state index contributed by atoms with van der Waals surface area (Å²) in [6.07, 6.45) is -5.68. The Morgan fingerprint density at radius 1 is 0.971 bits per heavy atom. The van der Waals surface area contributed by atoms with Crippen molar-refractivity contribution in [3.05, 3.63) is 53.6 Å². The highest BCUT2D eigenvalue weighted by atomic mass is 19.4. The second-order valence-electron chi connectivity index (χ2n) is 7.00. The van der Waals surface area contributed by atoms with Crippen LogP contribution in [0.2, 0.25) is 0 Å². The molecule has 2 amide bonds. The average molecular weight is 484 g/mol. The first-order chi connectivity index (χ1) is 16.1. The molecule has 0 aliphatic carbocycles. The lowest BCUT2D eigenvalue weighted by Gasteiger charge is -2.15. The molecule has 11 heteroatoms. The summed E-state index contributed by atoms with van der Waals surface area (Å²) in [5.41, 5.74) is -0.598. The number of ether oxygens (including phenoxy) is 3. The van der Waals surface area contributed by atoms with Gasteiger partial charge < -0.3 is 30.0 Å². The van der Waals surface area contributed by atoms with Gasteiger partial charge in [0.05, 0.1) is 25.3 Å². The first-order valence-electron chi connectivity index (χ1n) is 10.6. The fourth-order valence-corrected chi connectivity index (χ4v) is 2.76. The molecule has 0 fully saturated rings. The molecule has 3 N–H and O–H groups in total. The first-order valence-corrected chi connectivity index (χ1v) is 10.6. The van der Waals surface area contributed by atoms with Gasteiger partial charge in [-0.1, -0.05) is 6.07 Å². The van der Waals surface area contributed by atoms with E-state index in [1.807, 2.05) is 6.92 Å². The summed E-state index contributed by atoms with van der Waals surface area (Å²) in [7, 11) is 0. The third-order valence-electron chi connectivity index (χ3n) is 4.35. The quantitative estimate of drug-likeness (QED) is 0.428. The molecule has 8 nitrogen and oxygen atoms in total. The number of benzene rings is 2. The summed E-state index contributed by atoms with van der Waals surface area (Å²) in [5.74, 6) is -0.227. The maximum atomic E-state index is 12.7. The van der Waals surface area contributed by atoms with Crippen molar-refractivity contribution in [2.45, 2.75) is 26.1 Å². The first kappa shape index (κ1) is 26.8. The minimum Gasteiger partial charge on any atom is -0.491 e. The standard InChI is InChI=1S/C23H27F3N2O6/c1-3-32-19-9-8-15(10-20(19)33-4-2)22(31)28-13-21(30)27-12-17(29)14-34-18-7-5-6-16(11-18)23(24,25)26/h5-11,17,29H,3-4,12-14H2,1-2H3,(H,27,30)(H,28,31). The smallest absolute Gasteiger partial charge is 0.416 e. The summed E-state index contributed by atoms with van der Waals surface area (Å²) in [4.78, 5) is 24.3. The summed E-state index contributed by atoms with van der Waals surface area (Å²) in [6, 6.07) is 8.89. The maximum absolute atomic E-state index is 12.7. The highest BCUT2D eigenvalue weighted by Gasteiger charge is 2.30. The lowest BCUT2D eigenvalue weighted by atomic mass is 10.2. The van der Waals surface area contributed by atoms with Crippen molar-refractivity contribution >= 4 is 11.8 Å². The number of rotatable bonds is 12. The molecular formula is C23H27F3N2O6. The number of carbonyl (C=O) groups excluding carboxylic acids is 2. The number of halogens is 3. The van der Waals surface area contributed by atoms with Crippen molar-refractivity contribution in [1.82, 2.24) is 10.6 Å². The Morgan fingerprint density at radius 3 is 2.35 bits per heavy atom. The molecule has 0 bridgehead atoms. The number of alkyl halides is 3. The van der Waals surface area contributed by atoms with Crippen LogP contribution in [0.1, 0.15) is 29.8 Å². The largest absolute Gasteiger partial charge is 0.491 e. The Morgan fingerprint density at radius 2 is 1.68 bits per heavy atom. The van der Waals surface area contributed by atoms with E-state index in [-0.39, 0.29) is 31.0 Å². The Labute approximate surface area is 195 Å². The molecular weight excluding hydrogens is 457 g/mol. The lowest BCUT2D eigenvalue weighted by molar-refractivity contribution is -0.137. The number of carbonyl (C=O) groups is 2. The van der Waals surface area contributed by atoms with Gasteiger partial charge in [-0.3, -0.25) is 9.59 Å². The van der Waals surface area contributed by atoms with Crippen LogP contribution in [0.3, 0.4) is 0 Å². The fraction of sp³-hybridized carbons (Fsp3) is 0.391. The van der Waals surface area contributed by atoms with Gasteiger partial charge in [0, 0.05) is 12.1 Å². The van der Waals surface area contributed by atoms with Crippen LogP contribution in [-0.2, 0) is 11.0 Å². The van der Waals surface area contributed by atoms with E-state index in [1.54, 1.807) is 13.0 Å². The van der Waals surface area contributed by atoms with E-state index in [1.165, 1.54) is 24.3 Å². The van der Waals surface area contributed by atoms with Crippen LogP contribution in [0.4, 0.5) is 13.2 Å². The van der Waals surface area contributed by atoms with Gasteiger partial charge in [-0.15, -0.1) is 0 Å². The summed E-state index contributed by atoms with van der Waals surface area (Å²) in [6.45, 7) is 3.54. The Bertz CT molecular complexity index is 968. The zero-order chi connectivity index (χ0) is 25.1. The van der Waals surface area contributed by atoms with E-state index < -0.39 is 29.7 Å². The number of aliphatic hydroxyl groups excluding tert-OH is 1. The average Bonchev–Trinajstić information content (AvgIpc) is 2.81. The van der Waals surface area contributed by atoms with Crippen LogP contribution in [0, 0.1) is 0 Å². The van der Waals surface area contributed by atoms with Gasteiger partial charge in [0.25, 0.3) is 5.91 Å². The monoisotopic (exact) mass is 484 g/mol. The van der Waals surface area contributed by atoms with Crippen LogP contribution >= 0.6 is 0 Å². The molecule has 0 spiro atoms. The molecule has 2 aromatic rings. The molecule has 0 aromatic heterocycles. The van der Waals surface area contributed by atoms with Gasteiger partial charge in [0.2, 0.25) is 5.91 Å². The van der Waals surface area contributed by atoms with E-state index in [0.717, 1.165) is 12.1 Å². The normalized spacial score (nSPS) is 11.9. The zero-order valence-electron chi connectivity index (χ0n) is 18.8. The number of aliphatic hydroxyl groups is 1. The van der Waals surface area contributed by atoms with Crippen molar-refractivity contribution in [1.29, 1.82) is 0 Å². The van der Waals surface area contributed by atoms with Crippen molar-refractivity contribution in [2.24, 2.45) is 0 Å². The van der Waals surface area contributed by atoms with Gasteiger partial charge in [-0.25, -0.2) is 0 Å². The second kappa shape index (κ2) is 12.7.